The molecule has 1 N–H and O–H groups in total. The summed E-state index contributed by atoms with van der Waals surface area (Å²) in [4.78, 5) is 25.3. The minimum atomic E-state index is -0.280. The van der Waals surface area contributed by atoms with Gasteiger partial charge in [0.2, 0.25) is 11.8 Å². The van der Waals surface area contributed by atoms with Crippen molar-refractivity contribution in [1.29, 1.82) is 0 Å². The van der Waals surface area contributed by atoms with Gasteiger partial charge in [0.15, 0.2) is 5.82 Å². The van der Waals surface area contributed by atoms with Crippen LogP contribution in [0.25, 0.3) is 0 Å². The molecule has 0 saturated carbocycles. The van der Waals surface area contributed by atoms with Crippen LogP contribution in [0, 0.1) is 5.41 Å². The zero-order chi connectivity index (χ0) is 14.5. The van der Waals surface area contributed by atoms with Crippen LogP contribution in [-0.4, -0.2) is 35.0 Å². The maximum absolute atomic E-state index is 12.0. The Balaban J connectivity index is 2.52. The fraction of sp³-hybridized carbons (Fsp3) is 0.615. The Bertz CT molecular complexity index is 421. The van der Waals surface area contributed by atoms with Crippen LogP contribution in [0.1, 0.15) is 34.1 Å². The van der Waals surface area contributed by atoms with Gasteiger partial charge in [-0.15, -0.1) is 0 Å². The standard InChI is InChI=1S/C13H21N3O3/c1-5-16(12(18)8-13(2,3)4)9-11(17)14-10-6-7-19-15-10/h6-7H,5,8-9H2,1-4H3,(H,14,15,17). The number of hydrogen-bond acceptors (Lipinski definition) is 4. The van der Waals surface area contributed by atoms with Crippen LogP contribution in [0.15, 0.2) is 16.9 Å². The minimum Gasteiger partial charge on any atom is -0.363 e. The summed E-state index contributed by atoms with van der Waals surface area (Å²) in [6, 6.07) is 1.55. The quantitative estimate of drug-likeness (QED) is 0.884. The van der Waals surface area contributed by atoms with E-state index in [9.17, 15) is 9.59 Å². The van der Waals surface area contributed by atoms with Crippen molar-refractivity contribution in [2.45, 2.75) is 34.1 Å². The maximum atomic E-state index is 12.0. The Kier molecular flexibility index (Phi) is 5.09. The molecule has 6 nitrogen and oxygen atoms in total. The third kappa shape index (κ3) is 5.54. The van der Waals surface area contributed by atoms with Gasteiger partial charge in [0, 0.05) is 19.0 Å². The molecule has 1 rings (SSSR count). The van der Waals surface area contributed by atoms with Crippen molar-refractivity contribution in [3.63, 3.8) is 0 Å². The van der Waals surface area contributed by atoms with E-state index in [1.165, 1.54) is 11.2 Å². The second-order valence-corrected chi connectivity index (χ2v) is 5.58. The molecule has 19 heavy (non-hydrogen) atoms. The first-order valence-corrected chi connectivity index (χ1v) is 6.30. The highest BCUT2D eigenvalue weighted by atomic mass is 16.5. The second-order valence-electron chi connectivity index (χ2n) is 5.58. The molecule has 0 fully saturated rings. The molecule has 0 atom stereocenters. The Labute approximate surface area is 113 Å². The molecule has 6 heteroatoms. The van der Waals surface area contributed by atoms with Gasteiger partial charge in [-0.2, -0.15) is 0 Å². The first-order chi connectivity index (χ1) is 8.81. The fourth-order valence-corrected chi connectivity index (χ4v) is 1.57. The summed E-state index contributed by atoms with van der Waals surface area (Å²) in [6.07, 6.45) is 1.79. The number of rotatable bonds is 5. The van der Waals surface area contributed by atoms with E-state index in [-0.39, 0.29) is 23.8 Å². The Morgan fingerprint density at radius 3 is 2.58 bits per heavy atom. The molecule has 1 aromatic heterocycles. The lowest BCUT2D eigenvalue weighted by Crippen LogP contribution is -2.39. The lowest BCUT2D eigenvalue weighted by atomic mass is 9.91. The van der Waals surface area contributed by atoms with E-state index in [4.69, 9.17) is 0 Å². The van der Waals surface area contributed by atoms with E-state index in [2.05, 4.69) is 15.0 Å². The second kappa shape index (κ2) is 6.36. The zero-order valence-corrected chi connectivity index (χ0v) is 11.9. The van der Waals surface area contributed by atoms with Crippen molar-refractivity contribution in [2.75, 3.05) is 18.4 Å². The maximum Gasteiger partial charge on any atom is 0.245 e. The van der Waals surface area contributed by atoms with Crippen molar-refractivity contribution < 1.29 is 14.1 Å². The van der Waals surface area contributed by atoms with Crippen molar-refractivity contribution in [3.05, 3.63) is 12.3 Å². The smallest absolute Gasteiger partial charge is 0.245 e. The summed E-state index contributed by atoms with van der Waals surface area (Å²) >= 11 is 0. The van der Waals surface area contributed by atoms with Gasteiger partial charge < -0.3 is 14.7 Å². The van der Waals surface area contributed by atoms with Gasteiger partial charge in [0.05, 0.1) is 6.54 Å². The van der Waals surface area contributed by atoms with Crippen LogP contribution in [0.3, 0.4) is 0 Å². The molecule has 0 aromatic carbocycles. The number of carbonyl (C=O) groups excluding carboxylic acids is 2. The normalized spacial score (nSPS) is 11.2. The number of likely N-dealkylation sites (N-methyl/N-ethyl adjacent to an activating group) is 1. The van der Waals surface area contributed by atoms with Crippen LogP contribution in [0.5, 0.6) is 0 Å². The van der Waals surface area contributed by atoms with Crippen molar-refractivity contribution >= 4 is 17.6 Å². The highest BCUT2D eigenvalue weighted by Gasteiger charge is 2.22. The summed E-state index contributed by atoms with van der Waals surface area (Å²) in [5.41, 5.74) is -0.0902. The monoisotopic (exact) mass is 267 g/mol. The van der Waals surface area contributed by atoms with E-state index >= 15 is 0 Å². The van der Waals surface area contributed by atoms with E-state index in [1.807, 2.05) is 27.7 Å². The number of nitrogens with zero attached hydrogens (tertiary/aromatic N) is 2. The van der Waals surface area contributed by atoms with Crippen LogP contribution < -0.4 is 5.32 Å². The van der Waals surface area contributed by atoms with Gasteiger partial charge in [0.25, 0.3) is 0 Å². The number of hydrogen-bond donors (Lipinski definition) is 1. The summed E-state index contributed by atoms with van der Waals surface area (Å²) in [6.45, 7) is 8.36. The van der Waals surface area contributed by atoms with Crippen molar-refractivity contribution in [1.82, 2.24) is 10.1 Å². The lowest BCUT2D eigenvalue weighted by Gasteiger charge is -2.25. The molecule has 0 spiro atoms. The number of carbonyl (C=O) groups is 2. The fourth-order valence-electron chi connectivity index (χ4n) is 1.57. The molecule has 0 radical (unpaired) electrons. The van der Waals surface area contributed by atoms with E-state index in [0.717, 1.165) is 0 Å². The summed E-state index contributed by atoms with van der Waals surface area (Å²) in [5.74, 6) is 0.0487. The van der Waals surface area contributed by atoms with Crippen LogP contribution in [-0.2, 0) is 9.59 Å². The van der Waals surface area contributed by atoms with Gasteiger partial charge in [-0.1, -0.05) is 25.9 Å². The topological polar surface area (TPSA) is 75.4 Å². The average Bonchev–Trinajstić information content (AvgIpc) is 2.75. The third-order valence-corrected chi connectivity index (χ3v) is 2.46. The van der Waals surface area contributed by atoms with Gasteiger partial charge in [-0.05, 0) is 12.3 Å². The number of amides is 2. The summed E-state index contributed by atoms with van der Waals surface area (Å²) in [7, 11) is 0. The predicted molar refractivity (Wildman–Crippen MR) is 71.5 cm³/mol. The van der Waals surface area contributed by atoms with E-state index < -0.39 is 0 Å². The third-order valence-electron chi connectivity index (χ3n) is 2.46. The van der Waals surface area contributed by atoms with E-state index in [0.29, 0.717) is 18.8 Å². The highest BCUT2D eigenvalue weighted by molar-refractivity contribution is 5.93. The molecule has 0 aliphatic heterocycles. The number of aromatic nitrogens is 1. The van der Waals surface area contributed by atoms with Gasteiger partial charge in [-0.25, -0.2) is 0 Å². The largest absolute Gasteiger partial charge is 0.363 e. The number of anilines is 1. The molecular formula is C13H21N3O3. The average molecular weight is 267 g/mol. The first kappa shape index (κ1) is 15.2. The van der Waals surface area contributed by atoms with Crippen LogP contribution in [0.2, 0.25) is 0 Å². The van der Waals surface area contributed by atoms with Crippen molar-refractivity contribution in [2.24, 2.45) is 5.41 Å². The molecule has 0 saturated heterocycles. The Morgan fingerprint density at radius 1 is 1.42 bits per heavy atom. The summed E-state index contributed by atoms with van der Waals surface area (Å²) < 4.78 is 4.61. The first-order valence-electron chi connectivity index (χ1n) is 6.30. The number of nitrogens with one attached hydrogen (secondary N) is 1. The molecule has 2 amide bonds. The zero-order valence-electron chi connectivity index (χ0n) is 11.9. The molecule has 0 unspecified atom stereocenters. The Hall–Kier alpha value is -1.85. The van der Waals surface area contributed by atoms with Crippen LogP contribution >= 0.6 is 0 Å². The van der Waals surface area contributed by atoms with Gasteiger partial charge >= 0.3 is 0 Å². The predicted octanol–water partition coefficient (Wildman–Crippen LogP) is 1.90. The van der Waals surface area contributed by atoms with Gasteiger partial charge in [-0.3, -0.25) is 9.59 Å². The molecule has 0 aliphatic rings. The highest BCUT2D eigenvalue weighted by Crippen LogP contribution is 2.19. The molecule has 106 valence electrons. The Morgan fingerprint density at radius 2 is 2.11 bits per heavy atom. The van der Waals surface area contributed by atoms with E-state index in [1.54, 1.807) is 6.07 Å². The SMILES string of the molecule is CCN(CC(=O)Nc1ccon1)C(=O)CC(C)(C)C. The lowest BCUT2D eigenvalue weighted by molar-refractivity contribution is -0.136. The molecule has 0 bridgehead atoms. The van der Waals surface area contributed by atoms with Crippen molar-refractivity contribution in [3.8, 4) is 0 Å². The molecule has 1 aromatic rings. The minimum absolute atomic E-state index is 0.0229. The van der Waals surface area contributed by atoms with Gasteiger partial charge in [0.1, 0.15) is 6.26 Å². The summed E-state index contributed by atoms with van der Waals surface area (Å²) in [5, 5.41) is 6.15. The molecule has 0 aliphatic carbocycles. The van der Waals surface area contributed by atoms with Crippen LogP contribution in [0.4, 0.5) is 5.82 Å². The molecular weight excluding hydrogens is 246 g/mol. The molecule has 1 heterocycles.